The molecule has 5 heteroatoms. The van der Waals surface area contributed by atoms with Gasteiger partial charge in [-0.3, -0.25) is 4.79 Å². The van der Waals surface area contributed by atoms with E-state index in [0.717, 1.165) is 39.9 Å². The van der Waals surface area contributed by atoms with Crippen LogP contribution in [0.4, 0.5) is 5.69 Å². The zero-order valence-electron chi connectivity index (χ0n) is 19.3. The highest BCUT2D eigenvalue weighted by Crippen LogP contribution is 2.41. The summed E-state index contributed by atoms with van der Waals surface area (Å²) in [4.78, 5) is 15.1. The van der Waals surface area contributed by atoms with Crippen molar-refractivity contribution in [1.29, 1.82) is 0 Å². The van der Waals surface area contributed by atoms with Crippen LogP contribution >= 0.6 is 0 Å². The first-order chi connectivity index (χ1) is 15.4. The fourth-order valence-corrected chi connectivity index (χ4v) is 4.62. The number of hydrogen-bond acceptors (Lipinski definition) is 4. The molecule has 1 heterocycles. The molecule has 1 aliphatic heterocycles. The van der Waals surface area contributed by atoms with E-state index in [2.05, 4.69) is 61.3 Å². The predicted molar refractivity (Wildman–Crippen MR) is 133 cm³/mol. The van der Waals surface area contributed by atoms with Crippen molar-refractivity contribution in [1.82, 2.24) is 5.43 Å². The van der Waals surface area contributed by atoms with E-state index in [0.29, 0.717) is 5.56 Å². The minimum atomic E-state index is -0.245. The third-order valence-electron chi connectivity index (χ3n) is 6.05. The van der Waals surface area contributed by atoms with Gasteiger partial charge < -0.3 is 9.64 Å². The van der Waals surface area contributed by atoms with Gasteiger partial charge in [0, 0.05) is 35.0 Å². The largest absolute Gasteiger partial charge is 0.496 e. The lowest BCUT2D eigenvalue weighted by molar-refractivity contribution is 0.0957. The fraction of sp³-hybridized carbons (Fsp3) is 0.259. The van der Waals surface area contributed by atoms with E-state index in [1.165, 1.54) is 5.57 Å². The number of anilines is 1. The molecule has 1 N–H and O–H groups in total. The van der Waals surface area contributed by atoms with Crippen molar-refractivity contribution in [2.24, 2.45) is 5.10 Å². The first-order valence-corrected chi connectivity index (χ1v) is 10.9. The van der Waals surface area contributed by atoms with Crippen LogP contribution in [-0.2, 0) is 0 Å². The van der Waals surface area contributed by atoms with Gasteiger partial charge in [-0.15, -0.1) is 0 Å². The molecule has 0 aliphatic carbocycles. The van der Waals surface area contributed by atoms with E-state index < -0.39 is 0 Å². The van der Waals surface area contributed by atoms with E-state index in [1.807, 2.05) is 42.5 Å². The molecule has 0 atom stereocenters. The molecule has 0 fully saturated rings. The Bertz CT molecular complexity index is 1240. The maximum atomic E-state index is 12.8. The van der Waals surface area contributed by atoms with E-state index in [9.17, 15) is 4.79 Å². The number of likely N-dealkylation sites (N-methyl/N-ethyl adjacent to an activating group) is 1. The van der Waals surface area contributed by atoms with Crippen molar-refractivity contribution < 1.29 is 9.53 Å². The molecular formula is C27H29N3O2. The molecule has 164 valence electrons. The van der Waals surface area contributed by atoms with Crippen molar-refractivity contribution >= 4 is 34.2 Å². The number of nitrogens with zero attached hydrogens (tertiary/aromatic N) is 2. The van der Waals surface area contributed by atoms with Crippen LogP contribution in [0.3, 0.4) is 0 Å². The summed E-state index contributed by atoms with van der Waals surface area (Å²) in [5.74, 6) is 0.473. The van der Waals surface area contributed by atoms with Gasteiger partial charge in [-0.25, -0.2) is 5.43 Å². The molecule has 0 aromatic heterocycles. The van der Waals surface area contributed by atoms with Crippen molar-refractivity contribution in [3.8, 4) is 5.75 Å². The molecule has 0 spiro atoms. The zero-order valence-corrected chi connectivity index (χ0v) is 19.3. The second kappa shape index (κ2) is 8.50. The Kier molecular flexibility index (Phi) is 5.74. The van der Waals surface area contributed by atoms with Crippen LogP contribution in [0, 0.1) is 0 Å². The van der Waals surface area contributed by atoms with Gasteiger partial charge in [0.15, 0.2) is 0 Å². The molecule has 4 rings (SSSR count). The fourth-order valence-electron chi connectivity index (χ4n) is 4.62. The average Bonchev–Trinajstić information content (AvgIpc) is 2.78. The number of ether oxygens (including phenoxy) is 1. The van der Waals surface area contributed by atoms with E-state index >= 15 is 0 Å². The zero-order chi connectivity index (χ0) is 22.9. The standard InChI is InChI=1S/C27H29N3O2/c1-6-30-24-15-25(32-5)20(14-23(24)18(2)16-27(30,3)4)17-28-29-26(31)22-13-9-11-19-10-7-8-12-21(19)22/h7-17H,6H2,1-5H3,(H,29,31)/b28-17-. The molecule has 0 bridgehead atoms. The second-order valence-electron chi connectivity index (χ2n) is 8.56. The lowest BCUT2D eigenvalue weighted by Crippen LogP contribution is -2.44. The first-order valence-electron chi connectivity index (χ1n) is 10.9. The van der Waals surface area contributed by atoms with Gasteiger partial charge in [0.1, 0.15) is 5.75 Å². The highest BCUT2D eigenvalue weighted by atomic mass is 16.5. The number of benzene rings is 3. The van der Waals surface area contributed by atoms with E-state index in [4.69, 9.17) is 4.74 Å². The first kappa shape index (κ1) is 21.6. The minimum Gasteiger partial charge on any atom is -0.496 e. The number of amides is 1. The number of nitrogens with one attached hydrogen (secondary N) is 1. The molecule has 3 aromatic carbocycles. The Hall–Kier alpha value is -3.60. The minimum absolute atomic E-state index is 0.0706. The SMILES string of the molecule is CCN1c2cc(OC)c(/C=N\NC(=O)c3cccc4ccccc34)cc2C(C)=CC1(C)C. The molecule has 0 saturated heterocycles. The third kappa shape index (κ3) is 3.86. The highest BCUT2D eigenvalue weighted by molar-refractivity contribution is 6.07. The maximum Gasteiger partial charge on any atom is 0.271 e. The van der Waals surface area contributed by atoms with Gasteiger partial charge >= 0.3 is 0 Å². The Morgan fingerprint density at radius 3 is 2.66 bits per heavy atom. The summed E-state index contributed by atoms with van der Waals surface area (Å²) in [7, 11) is 1.65. The smallest absolute Gasteiger partial charge is 0.271 e. The van der Waals surface area contributed by atoms with Crippen LogP contribution in [0.5, 0.6) is 5.75 Å². The van der Waals surface area contributed by atoms with Crippen LogP contribution in [0.2, 0.25) is 0 Å². The number of fused-ring (bicyclic) bond motifs is 2. The number of methoxy groups -OCH3 is 1. The molecule has 3 aromatic rings. The molecular weight excluding hydrogens is 398 g/mol. The summed E-state index contributed by atoms with van der Waals surface area (Å²) in [6, 6.07) is 17.6. The van der Waals surface area contributed by atoms with Crippen molar-refractivity contribution in [3.05, 3.63) is 77.4 Å². The normalized spacial score (nSPS) is 14.9. The number of allylic oxidation sites excluding steroid dienone is 1. The Labute approximate surface area is 189 Å². The molecule has 1 amide bonds. The van der Waals surface area contributed by atoms with Crippen molar-refractivity contribution in [2.45, 2.75) is 33.2 Å². The summed E-state index contributed by atoms with van der Waals surface area (Å²) < 4.78 is 5.66. The summed E-state index contributed by atoms with van der Waals surface area (Å²) in [5.41, 5.74) is 7.51. The number of hydrazone groups is 1. The van der Waals surface area contributed by atoms with E-state index in [1.54, 1.807) is 13.3 Å². The number of carbonyl (C=O) groups is 1. The average molecular weight is 428 g/mol. The predicted octanol–water partition coefficient (Wildman–Crippen LogP) is 5.63. The van der Waals surface area contributed by atoms with Crippen LogP contribution < -0.4 is 15.1 Å². The Balaban J connectivity index is 1.63. The second-order valence-corrected chi connectivity index (χ2v) is 8.56. The number of hydrogen-bond donors (Lipinski definition) is 1. The van der Waals surface area contributed by atoms with Gasteiger partial charge in [-0.05, 0) is 56.2 Å². The van der Waals surface area contributed by atoms with Crippen LogP contribution in [-0.4, -0.2) is 31.3 Å². The van der Waals surface area contributed by atoms with Crippen molar-refractivity contribution in [2.75, 3.05) is 18.6 Å². The number of carbonyl (C=O) groups excluding carboxylic acids is 1. The summed E-state index contributed by atoms with van der Waals surface area (Å²) in [6.07, 6.45) is 3.93. The molecule has 0 unspecified atom stereocenters. The van der Waals surface area contributed by atoms with Gasteiger partial charge in [-0.2, -0.15) is 5.10 Å². The van der Waals surface area contributed by atoms with Crippen LogP contribution in [0.1, 0.15) is 49.2 Å². The lowest BCUT2D eigenvalue weighted by atomic mass is 9.88. The van der Waals surface area contributed by atoms with Crippen LogP contribution in [0.25, 0.3) is 16.3 Å². The molecule has 0 radical (unpaired) electrons. The quantitative estimate of drug-likeness (QED) is 0.424. The maximum absolute atomic E-state index is 12.8. The van der Waals surface area contributed by atoms with Crippen molar-refractivity contribution in [3.63, 3.8) is 0 Å². The monoisotopic (exact) mass is 427 g/mol. The van der Waals surface area contributed by atoms with Gasteiger partial charge in [-0.1, -0.05) is 42.5 Å². The van der Waals surface area contributed by atoms with E-state index in [-0.39, 0.29) is 11.4 Å². The molecule has 5 nitrogen and oxygen atoms in total. The summed E-state index contributed by atoms with van der Waals surface area (Å²) >= 11 is 0. The van der Waals surface area contributed by atoms with Gasteiger partial charge in [0.2, 0.25) is 0 Å². The third-order valence-corrected chi connectivity index (χ3v) is 6.05. The Morgan fingerprint density at radius 1 is 1.16 bits per heavy atom. The topological polar surface area (TPSA) is 53.9 Å². The lowest BCUT2D eigenvalue weighted by Gasteiger charge is -2.43. The Morgan fingerprint density at radius 2 is 1.91 bits per heavy atom. The molecule has 0 saturated carbocycles. The summed E-state index contributed by atoms with van der Waals surface area (Å²) in [5, 5.41) is 6.16. The van der Waals surface area contributed by atoms with Crippen LogP contribution in [0.15, 0.2) is 65.8 Å². The highest BCUT2D eigenvalue weighted by Gasteiger charge is 2.31. The molecule has 32 heavy (non-hydrogen) atoms. The summed E-state index contributed by atoms with van der Waals surface area (Å²) in [6.45, 7) is 9.61. The van der Waals surface area contributed by atoms with Gasteiger partial charge in [0.05, 0.1) is 18.9 Å². The molecule has 1 aliphatic rings. The van der Waals surface area contributed by atoms with Gasteiger partial charge in [0.25, 0.3) is 5.91 Å². The number of rotatable bonds is 5.